The van der Waals surface area contributed by atoms with Crippen LogP contribution in [0.15, 0.2) is 29.1 Å². The highest BCUT2D eigenvalue weighted by Gasteiger charge is 2.27. The van der Waals surface area contributed by atoms with Crippen molar-refractivity contribution in [3.8, 4) is 0 Å². The molecule has 86 valence electrons. The maximum Gasteiger partial charge on any atom is 0.278 e. The van der Waals surface area contributed by atoms with Crippen molar-refractivity contribution in [3.05, 3.63) is 51.3 Å². The number of fused-ring (bicyclic) bond motifs is 2. The summed E-state index contributed by atoms with van der Waals surface area (Å²) in [6.07, 6.45) is 0. The highest BCUT2D eigenvalue weighted by atomic mass is 16.2. The average Bonchev–Trinajstić information content (AvgIpc) is 2.55. The van der Waals surface area contributed by atoms with Crippen molar-refractivity contribution in [3.63, 3.8) is 0 Å². The molecule has 2 aromatic rings. The van der Waals surface area contributed by atoms with Crippen LogP contribution in [0.3, 0.4) is 0 Å². The third-order valence-corrected chi connectivity index (χ3v) is 3.17. The maximum absolute atomic E-state index is 12.2. The first-order chi connectivity index (χ1) is 8.11. The normalized spacial score (nSPS) is 13.4. The number of anilines is 1. The van der Waals surface area contributed by atoms with Crippen LogP contribution in [0.5, 0.6) is 0 Å². The Bertz CT molecular complexity index is 694. The second-order valence-electron chi connectivity index (χ2n) is 4.15. The molecular weight excluding hydrogens is 218 g/mol. The molecule has 0 amide bonds. The molecule has 1 aromatic carbocycles. The lowest BCUT2D eigenvalue weighted by atomic mass is 10.1. The van der Waals surface area contributed by atoms with Gasteiger partial charge in [0, 0.05) is 5.56 Å². The van der Waals surface area contributed by atoms with E-state index in [1.807, 2.05) is 12.1 Å². The SMILES string of the molecule is Cc1c(N)n2n(c1=O)Cc1ccccc1C2=O. The monoisotopic (exact) mass is 229 g/mol. The second kappa shape index (κ2) is 3.10. The zero-order valence-electron chi connectivity index (χ0n) is 9.30. The van der Waals surface area contributed by atoms with E-state index in [0.717, 1.165) is 5.56 Å². The average molecular weight is 229 g/mol. The van der Waals surface area contributed by atoms with Crippen LogP contribution < -0.4 is 11.3 Å². The minimum absolute atomic E-state index is 0.203. The van der Waals surface area contributed by atoms with Gasteiger partial charge in [-0.25, -0.2) is 4.68 Å². The first-order valence-electron chi connectivity index (χ1n) is 5.31. The van der Waals surface area contributed by atoms with Gasteiger partial charge in [-0.2, -0.15) is 4.68 Å². The number of rotatable bonds is 0. The summed E-state index contributed by atoms with van der Waals surface area (Å²) in [4.78, 5) is 24.1. The Morgan fingerprint density at radius 1 is 1.24 bits per heavy atom. The van der Waals surface area contributed by atoms with Crippen LogP contribution in [0, 0.1) is 6.92 Å². The molecule has 0 unspecified atom stereocenters. The summed E-state index contributed by atoms with van der Waals surface area (Å²) in [7, 11) is 0. The van der Waals surface area contributed by atoms with Crippen LogP contribution in [0.2, 0.25) is 0 Å². The van der Waals surface area contributed by atoms with E-state index in [-0.39, 0.29) is 17.3 Å². The number of hydrogen-bond donors (Lipinski definition) is 1. The number of carbonyl (C=O) groups excluding carboxylic acids is 1. The molecule has 0 bridgehead atoms. The molecule has 0 radical (unpaired) electrons. The summed E-state index contributed by atoms with van der Waals surface area (Å²) in [5.74, 6) is -0.0101. The number of hydrogen-bond acceptors (Lipinski definition) is 3. The van der Waals surface area contributed by atoms with Crippen molar-refractivity contribution in [1.29, 1.82) is 0 Å². The van der Waals surface area contributed by atoms with Gasteiger partial charge in [-0.05, 0) is 18.6 Å². The van der Waals surface area contributed by atoms with Gasteiger partial charge < -0.3 is 5.73 Å². The van der Waals surface area contributed by atoms with E-state index in [1.165, 1.54) is 9.36 Å². The zero-order chi connectivity index (χ0) is 12.2. The largest absolute Gasteiger partial charge is 0.383 e. The molecule has 0 fully saturated rings. The maximum atomic E-state index is 12.2. The fourth-order valence-corrected chi connectivity index (χ4v) is 2.19. The molecule has 1 aromatic heterocycles. The standard InChI is InChI=1S/C12H11N3O2/c1-7-10(13)15-12(17)9-5-3-2-4-8(9)6-14(15)11(7)16/h2-5H,6,13H2,1H3. The third kappa shape index (κ3) is 1.13. The van der Waals surface area contributed by atoms with Crippen LogP contribution in [0.25, 0.3) is 0 Å². The van der Waals surface area contributed by atoms with E-state index >= 15 is 0 Å². The van der Waals surface area contributed by atoms with Crippen molar-refractivity contribution in [2.45, 2.75) is 13.5 Å². The number of carbonyl (C=O) groups is 1. The first kappa shape index (κ1) is 9.89. The molecule has 1 aliphatic heterocycles. The molecule has 0 aliphatic carbocycles. The molecular formula is C12H11N3O2. The van der Waals surface area contributed by atoms with Gasteiger partial charge in [0.05, 0.1) is 12.1 Å². The predicted molar refractivity (Wildman–Crippen MR) is 63.1 cm³/mol. The van der Waals surface area contributed by atoms with Gasteiger partial charge in [-0.15, -0.1) is 0 Å². The second-order valence-corrected chi connectivity index (χ2v) is 4.15. The van der Waals surface area contributed by atoms with Crippen molar-refractivity contribution in [2.24, 2.45) is 0 Å². The van der Waals surface area contributed by atoms with Crippen LogP contribution in [0.1, 0.15) is 21.5 Å². The van der Waals surface area contributed by atoms with Crippen LogP contribution in [-0.4, -0.2) is 15.3 Å². The molecule has 3 rings (SSSR count). The van der Waals surface area contributed by atoms with E-state index in [9.17, 15) is 9.59 Å². The molecule has 5 nitrogen and oxygen atoms in total. The summed E-state index contributed by atoms with van der Waals surface area (Å²) in [6.45, 7) is 2.02. The lowest BCUT2D eigenvalue weighted by Crippen LogP contribution is -2.34. The van der Waals surface area contributed by atoms with E-state index in [1.54, 1.807) is 19.1 Å². The summed E-state index contributed by atoms with van der Waals surface area (Å²) < 4.78 is 2.65. The zero-order valence-corrected chi connectivity index (χ0v) is 9.30. The van der Waals surface area contributed by atoms with Crippen molar-refractivity contribution < 1.29 is 4.79 Å². The molecule has 2 heterocycles. The molecule has 0 saturated heterocycles. The Labute approximate surface area is 97.1 Å². The Hall–Kier alpha value is -2.30. The fraction of sp³-hybridized carbons (Fsp3) is 0.167. The highest BCUT2D eigenvalue weighted by molar-refractivity contribution is 5.99. The molecule has 0 atom stereocenters. The Kier molecular flexibility index (Phi) is 1.80. The molecule has 1 aliphatic rings. The van der Waals surface area contributed by atoms with Gasteiger partial charge in [0.1, 0.15) is 5.82 Å². The molecule has 2 N–H and O–H groups in total. The van der Waals surface area contributed by atoms with Gasteiger partial charge in [0.2, 0.25) is 0 Å². The number of benzene rings is 1. The summed E-state index contributed by atoms with van der Waals surface area (Å²) in [5.41, 5.74) is 7.47. The van der Waals surface area contributed by atoms with E-state index in [0.29, 0.717) is 17.7 Å². The van der Waals surface area contributed by atoms with Gasteiger partial charge in [0.25, 0.3) is 11.5 Å². The smallest absolute Gasteiger partial charge is 0.278 e. The van der Waals surface area contributed by atoms with Crippen molar-refractivity contribution in [2.75, 3.05) is 5.73 Å². The van der Waals surface area contributed by atoms with Gasteiger partial charge >= 0.3 is 0 Å². The minimum atomic E-state index is -0.241. The van der Waals surface area contributed by atoms with E-state index in [2.05, 4.69) is 0 Å². The molecule has 5 heteroatoms. The summed E-state index contributed by atoms with van der Waals surface area (Å²) >= 11 is 0. The fourth-order valence-electron chi connectivity index (χ4n) is 2.19. The highest BCUT2D eigenvalue weighted by Crippen LogP contribution is 2.20. The summed E-state index contributed by atoms with van der Waals surface area (Å²) in [5, 5.41) is 0. The van der Waals surface area contributed by atoms with Gasteiger partial charge in [0.15, 0.2) is 0 Å². The van der Waals surface area contributed by atoms with Crippen LogP contribution >= 0.6 is 0 Å². The Morgan fingerprint density at radius 2 is 1.94 bits per heavy atom. The number of nitrogen functional groups attached to an aromatic ring is 1. The van der Waals surface area contributed by atoms with Crippen LogP contribution in [0.4, 0.5) is 5.82 Å². The molecule has 0 saturated carbocycles. The van der Waals surface area contributed by atoms with E-state index in [4.69, 9.17) is 5.73 Å². The minimum Gasteiger partial charge on any atom is -0.383 e. The first-order valence-corrected chi connectivity index (χ1v) is 5.31. The van der Waals surface area contributed by atoms with Crippen molar-refractivity contribution >= 4 is 11.7 Å². The lowest BCUT2D eigenvalue weighted by molar-refractivity contribution is 0.0919. The molecule has 17 heavy (non-hydrogen) atoms. The third-order valence-electron chi connectivity index (χ3n) is 3.17. The number of aromatic nitrogens is 2. The lowest BCUT2D eigenvalue weighted by Gasteiger charge is -2.19. The quantitative estimate of drug-likeness (QED) is 0.613. The Balaban J connectivity index is 2.35. The van der Waals surface area contributed by atoms with Gasteiger partial charge in [-0.1, -0.05) is 18.2 Å². The summed E-state index contributed by atoms with van der Waals surface area (Å²) in [6, 6.07) is 7.26. The van der Waals surface area contributed by atoms with Crippen molar-refractivity contribution in [1.82, 2.24) is 9.36 Å². The van der Waals surface area contributed by atoms with Gasteiger partial charge in [-0.3, -0.25) is 9.59 Å². The number of nitrogens with two attached hydrogens (primary N) is 1. The van der Waals surface area contributed by atoms with Crippen LogP contribution in [-0.2, 0) is 6.54 Å². The number of nitrogens with zero attached hydrogens (tertiary/aromatic N) is 2. The topological polar surface area (TPSA) is 70.0 Å². The Morgan fingerprint density at radius 3 is 2.71 bits per heavy atom. The predicted octanol–water partition coefficient (Wildman–Crippen LogP) is 0.591. The van der Waals surface area contributed by atoms with E-state index < -0.39 is 0 Å². The molecule has 0 spiro atoms.